The quantitative estimate of drug-likeness (QED) is 0.706. The number of aromatic amines is 1. The van der Waals surface area contributed by atoms with E-state index < -0.39 is 0 Å². The van der Waals surface area contributed by atoms with Crippen LogP contribution in [0.25, 0.3) is 11.0 Å². The molecule has 0 aliphatic rings. The minimum atomic E-state index is 0.525. The van der Waals surface area contributed by atoms with Gasteiger partial charge in [-0.05, 0) is 24.4 Å². The molecule has 0 radical (unpaired) electrons. The molecule has 2 heterocycles. The number of thiazole rings is 1. The summed E-state index contributed by atoms with van der Waals surface area (Å²) in [5.41, 5.74) is 4.77. The maximum atomic E-state index is 6.06. The lowest BCUT2D eigenvalue weighted by Crippen LogP contribution is -2.01. The van der Waals surface area contributed by atoms with Gasteiger partial charge in [0.05, 0.1) is 32.3 Å². The number of halogens is 2. The molecule has 7 heteroatoms. The molecule has 3 nitrogen and oxygen atoms in total. The van der Waals surface area contributed by atoms with E-state index in [9.17, 15) is 0 Å². The Bertz CT molecular complexity index is 774. The summed E-state index contributed by atoms with van der Waals surface area (Å²) in [5.74, 6) is 0. The predicted molar refractivity (Wildman–Crippen MR) is 83.0 cm³/mol. The molecular weight excluding hydrogens is 321 g/mol. The molecule has 98 valence electrons. The predicted octanol–water partition coefficient (Wildman–Crippen LogP) is 4.70. The van der Waals surface area contributed by atoms with Crippen LogP contribution in [0.1, 0.15) is 5.69 Å². The van der Waals surface area contributed by atoms with Crippen LogP contribution in [-0.2, 0) is 13.0 Å². The average Bonchev–Trinajstić information content (AvgIpc) is 2.96. The van der Waals surface area contributed by atoms with Crippen LogP contribution in [0.5, 0.6) is 0 Å². The Morgan fingerprint density at radius 3 is 2.84 bits per heavy atom. The van der Waals surface area contributed by atoms with Gasteiger partial charge in [-0.3, -0.25) is 0 Å². The summed E-state index contributed by atoms with van der Waals surface area (Å²) in [6.07, 6.45) is 0.838. The first-order valence-electron chi connectivity index (χ1n) is 5.60. The van der Waals surface area contributed by atoms with E-state index in [-0.39, 0.29) is 0 Å². The smallest absolute Gasteiger partial charge is 0.178 e. The fourth-order valence-electron chi connectivity index (χ4n) is 1.96. The number of aromatic nitrogens is 3. The number of H-pyrrole nitrogens is 1. The lowest BCUT2D eigenvalue weighted by molar-refractivity contribution is 0.698. The van der Waals surface area contributed by atoms with Crippen molar-refractivity contribution in [2.24, 2.45) is 0 Å². The van der Waals surface area contributed by atoms with Crippen molar-refractivity contribution >= 4 is 57.8 Å². The van der Waals surface area contributed by atoms with E-state index in [0.717, 1.165) is 29.7 Å². The van der Waals surface area contributed by atoms with Crippen molar-refractivity contribution in [3.05, 3.63) is 43.5 Å². The zero-order chi connectivity index (χ0) is 13.4. The van der Waals surface area contributed by atoms with Crippen molar-refractivity contribution < 1.29 is 0 Å². The Hall–Kier alpha value is -0.880. The SMILES string of the molecule is S=c1[nH]c2cc(Cl)c(Cl)cc2n1CCc1cscn1. The standard InChI is InChI=1S/C12H9Cl2N3S2/c13-8-3-10-11(4-9(8)14)17(12(18)16-10)2-1-7-5-19-6-15-7/h3-6H,1-2H2,(H,16,18). The summed E-state index contributed by atoms with van der Waals surface area (Å²) >= 11 is 19.0. The van der Waals surface area contributed by atoms with Crippen LogP contribution in [-0.4, -0.2) is 14.5 Å². The van der Waals surface area contributed by atoms with Gasteiger partial charge in [0.15, 0.2) is 4.77 Å². The summed E-state index contributed by atoms with van der Waals surface area (Å²) in [5, 5.41) is 3.10. The van der Waals surface area contributed by atoms with Gasteiger partial charge >= 0.3 is 0 Å². The third-order valence-electron chi connectivity index (χ3n) is 2.89. The van der Waals surface area contributed by atoms with Gasteiger partial charge in [0, 0.05) is 18.3 Å². The molecule has 0 aliphatic heterocycles. The second-order valence-electron chi connectivity index (χ2n) is 4.10. The fourth-order valence-corrected chi connectivity index (χ4v) is 3.18. The summed E-state index contributed by atoms with van der Waals surface area (Å²) < 4.78 is 2.69. The Labute approximate surface area is 128 Å². The van der Waals surface area contributed by atoms with E-state index in [4.69, 9.17) is 35.4 Å². The summed E-state index contributed by atoms with van der Waals surface area (Å²) in [7, 11) is 0. The van der Waals surface area contributed by atoms with E-state index in [2.05, 4.69) is 9.97 Å². The Kier molecular flexibility index (Phi) is 3.62. The van der Waals surface area contributed by atoms with Crippen molar-refractivity contribution in [2.45, 2.75) is 13.0 Å². The minimum absolute atomic E-state index is 0.525. The number of fused-ring (bicyclic) bond motifs is 1. The molecule has 0 saturated carbocycles. The topological polar surface area (TPSA) is 33.6 Å². The molecule has 0 fully saturated rings. The minimum Gasteiger partial charge on any atom is -0.331 e. The molecule has 0 unspecified atom stereocenters. The molecule has 0 saturated heterocycles. The largest absolute Gasteiger partial charge is 0.331 e. The lowest BCUT2D eigenvalue weighted by atomic mass is 10.3. The highest BCUT2D eigenvalue weighted by Gasteiger charge is 2.08. The summed E-state index contributed by atoms with van der Waals surface area (Å²) in [4.78, 5) is 7.41. The highest BCUT2D eigenvalue weighted by molar-refractivity contribution is 7.71. The van der Waals surface area contributed by atoms with Gasteiger partial charge in [0.25, 0.3) is 0 Å². The Morgan fingerprint density at radius 2 is 2.11 bits per heavy atom. The van der Waals surface area contributed by atoms with Crippen LogP contribution in [0.2, 0.25) is 10.0 Å². The maximum absolute atomic E-state index is 6.06. The lowest BCUT2D eigenvalue weighted by Gasteiger charge is -2.04. The number of nitrogens with zero attached hydrogens (tertiary/aromatic N) is 2. The number of benzene rings is 1. The number of nitrogens with one attached hydrogen (secondary N) is 1. The molecule has 0 aliphatic carbocycles. The molecule has 1 aromatic carbocycles. The first kappa shape index (κ1) is 13.1. The molecule has 0 amide bonds. The second-order valence-corrected chi connectivity index (χ2v) is 6.01. The number of rotatable bonds is 3. The Balaban J connectivity index is 2.00. The molecule has 3 rings (SSSR count). The van der Waals surface area contributed by atoms with Crippen molar-refractivity contribution in [1.29, 1.82) is 0 Å². The van der Waals surface area contributed by atoms with E-state index in [0.29, 0.717) is 14.8 Å². The normalized spacial score (nSPS) is 11.3. The number of hydrogen-bond acceptors (Lipinski definition) is 3. The zero-order valence-corrected chi connectivity index (χ0v) is 12.8. The molecular formula is C12H9Cl2N3S2. The van der Waals surface area contributed by atoms with Crippen LogP contribution in [0.4, 0.5) is 0 Å². The highest BCUT2D eigenvalue weighted by atomic mass is 35.5. The first-order chi connectivity index (χ1) is 9.15. The third kappa shape index (κ3) is 2.56. The van der Waals surface area contributed by atoms with Crippen LogP contribution in [0.3, 0.4) is 0 Å². The molecule has 1 N–H and O–H groups in total. The molecule has 2 aromatic heterocycles. The number of aryl methyl sites for hydroxylation is 2. The molecule has 0 atom stereocenters. The van der Waals surface area contributed by atoms with Crippen LogP contribution in [0, 0.1) is 4.77 Å². The molecule has 0 bridgehead atoms. The summed E-state index contributed by atoms with van der Waals surface area (Å²) in [6.45, 7) is 0.764. The van der Waals surface area contributed by atoms with Crippen molar-refractivity contribution in [3.8, 4) is 0 Å². The van der Waals surface area contributed by atoms with E-state index in [1.807, 2.05) is 21.5 Å². The van der Waals surface area contributed by atoms with Gasteiger partial charge in [-0.15, -0.1) is 11.3 Å². The number of hydrogen-bond donors (Lipinski definition) is 1. The fraction of sp³-hybridized carbons (Fsp3) is 0.167. The highest BCUT2D eigenvalue weighted by Crippen LogP contribution is 2.27. The Morgan fingerprint density at radius 1 is 1.32 bits per heavy atom. The monoisotopic (exact) mass is 329 g/mol. The zero-order valence-electron chi connectivity index (χ0n) is 9.69. The van der Waals surface area contributed by atoms with E-state index >= 15 is 0 Å². The van der Waals surface area contributed by atoms with Crippen LogP contribution < -0.4 is 0 Å². The number of imidazole rings is 1. The van der Waals surface area contributed by atoms with Crippen LogP contribution >= 0.6 is 46.8 Å². The van der Waals surface area contributed by atoms with Gasteiger partial charge in [-0.1, -0.05) is 23.2 Å². The van der Waals surface area contributed by atoms with Crippen molar-refractivity contribution in [1.82, 2.24) is 14.5 Å². The summed E-state index contributed by atoms with van der Waals surface area (Å²) in [6, 6.07) is 3.64. The van der Waals surface area contributed by atoms with Crippen molar-refractivity contribution in [3.63, 3.8) is 0 Å². The van der Waals surface area contributed by atoms with Gasteiger partial charge in [0.1, 0.15) is 0 Å². The van der Waals surface area contributed by atoms with E-state index in [1.54, 1.807) is 17.4 Å². The molecule has 3 aromatic rings. The van der Waals surface area contributed by atoms with Gasteiger partial charge < -0.3 is 9.55 Å². The first-order valence-corrected chi connectivity index (χ1v) is 7.70. The van der Waals surface area contributed by atoms with Gasteiger partial charge in [-0.2, -0.15) is 0 Å². The average molecular weight is 330 g/mol. The molecule has 19 heavy (non-hydrogen) atoms. The van der Waals surface area contributed by atoms with Crippen molar-refractivity contribution in [2.75, 3.05) is 0 Å². The van der Waals surface area contributed by atoms with Crippen LogP contribution in [0.15, 0.2) is 23.0 Å². The third-order valence-corrected chi connectivity index (χ3v) is 4.57. The van der Waals surface area contributed by atoms with Gasteiger partial charge in [-0.25, -0.2) is 4.98 Å². The molecule has 0 spiro atoms. The second kappa shape index (κ2) is 5.25. The van der Waals surface area contributed by atoms with Gasteiger partial charge in [0.2, 0.25) is 0 Å². The maximum Gasteiger partial charge on any atom is 0.178 e. The van der Waals surface area contributed by atoms with E-state index in [1.165, 1.54) is 0 Å².